The van der Waals surface area contributed by atoms with Gasteiger partial charge in [0.1, 0.15) is 0 Å². The molecule has 0 saturated heterocycles. The fourth-order valence-electron chi connectivity index (χ4n) is 1.89. The topological polar surface area (TPSA) is 35.5 Å². The summed E-state index contributed by atoms with van der Waals surface area (Å²) in [5.74, 6) is -0.825. The second kappa shape index (κ2) is 6.94. The van der Waals surface area contributed by atoms with Crippen molar-refractivity contribution >= 4 is 5.97 Å². The Labute approximate surface area is 103 Å². The third-order valence-electron chi connectivity index (χ3n) is 3.39. The molecule has 1 aliphatic rings. The fourth-order valence-corrected chi connectivity index (χ4v) is 1.89. The van der Waals surface area contributed by atoms with Crippen molar-refractivity contribution in [3.8, 4) is 0 Å². The Morgan fingerprint density at radius 2 is 1.88 bits per heavy atom. The smallest absolute Gasteiger partial charge is 0.345 e. The first-order valence-electron chi connectivity index (χ1n) is 6.54. The van der Waals surface area contributed by atoms with Crippen LogP contribution in [0.25, 0.3) is 0 Å². The first-order valence-corrected chi connectivity index (χ1v) is 6.54. The molecule has 0 aromatic carbocycles. The molecular weight excluding hydrogens is 223 g/mol. The van der Waals surface area contributed by atoms with Gasteiger partial charge < -0.3 is 9.47 Å². The van der Waals surface area contributed by atoms with Crippen LogP contribution in [0, 0.1) is 0 Å². The Balaban J connectivity index is 2.20. The summed E-state index contributed by atoms with van der Waals surface area (Å²) in [5.41, 5.74) is -1.90. The molecule has 1 saturated carbocycles. The van der Waals surface area contributed by atoms with E-state index in [1.165, 1.54) is 19.8 Å². The van der Waals surface area contributed by atoms with Crippen molar-refractivity contribution in [3.63, 3.8) is 0 Å². The molecule has 0 amide bonds. The lowest BCUT2D eigenvalue weighted by atomic mass is 10.1. The summed E-state index contributed by atoms with van der Waals surface area (Å²) in [6, 6.07) is 0. The highest BCUT2D eigenvalue weighted by molar-refractivity contribution is 5.78. The predicted molar refractivity (Wildman–Crippen MR) is 63.3 cm³/mol. The van der Waals surface area contributed by atoms with Crippen molar-refractivity contribution in [2.45, 2.75) is 70.6 Å². The molecule has 0 spiro atoms. The number of hydrogen-bond donors (Lipinski definition) is 0. The van der Waals surface area contributed by atoms with E-state index in [1.54, 1.807) is 6.92 Å². The van der Waals surface area contributed by atoms with Crippen molar-refractivity contribution in [2.75, 3.05) is 6.79 Å². The van der Waals surface area contributed by atoms with Gasteiger partial charge >= 0.3 is 5.97 Å². The van der Waals surface area contributed by atoms with Gasteiger partial charge in [-0.1, -0.05) is 32.6 Å². The van der Waals surface area contributed by atoms with Gasteiger partial charge in [0, 0.05) is 0 Å². The van der Waals surface area contributed by atoms with Gasteiger partial charge in [-0.15, -0.1) is 0 Å². The molecule has 1 rings (SSSR count). The number of hydrogen-bond acceptors (Lipinski definition) is 3. The lowest BCUT2D eigenvalue weighted by molar-refractivity contribution is -0.174. The Morgan fingerprint density at radius 3 is 2.41 bits per heavy atom. The molecule has 0 N–H and O–H groups in total. The normalized spacial score (nSPS) is 21.6. The molecule has 1 unspecified atom stereocenters. The standard InChI is InChI=1S/C13H23FO3/c1-3-13(2,14)12(15)17-10-16-11-8-6-4-5-7-9-11/h11H,3-10H2,1-2H3. The molecule has 0 aromatic rings. The molecule has 100 valence electrons. The summed E-state index contributed by atoms with van der Waals surface area (Å²) in [5, 5.41) is 0. The van der Waals surface area contributed by atoms with E-state index >= 15 is 0 Å². The number of esters is 1. The summed E-state index contributed by atoms with van der Waals surface area (Å²) in [4.78, 5) is 11.3. The third-order valence-corrected chi connectivity index (χ3v) is 3.39. The van der Waals surface area contributed by atoms with Crippen molar-refractivity contribution in [1.29, 1.82) is 0 Å². The lowest BCUT2D eigenvalue weighted by Gasteiger charge is -2.19. The third kappa shape index (κ3) is 5.02. The van der Waals surface area contributed by atoms with Crippen molar-refractivity contribution in [2.24, 2.45) is 0 Å². The van der Waals surface area contributed by atoms with Crippen LogP contribution in [0.2, 0.25) is 0 Å². The van der Waals surface area contributed by atoms with Gasteiger partial charge in [0.25, 0.3) is 0 Å². The van der Waals surface area contributed by atoms with Crippen molar-refractivity contribution in [1.82, 2.24) is 0 Å². The van der Waals surface area contributed by atoms with E-state index in [-0.39, 0.29) is 19.3 Å². The van der Waals surface area contributed by atoms with Gasteiger partial charge in [0.15, 0.2) is 6.79 Å². The average Bonchev–Trinajstić information content (AvgIpc) is 2.57. The molecule has 0 heterocycles. The van der Waals surface area contributed by atoms with Crippen LogP contribution in [0.3, 0.4) is 0 Å². The maximum Gasteiger partial charge on any atom is 0.345 e. The first-order chi connectivity index (χ1) is 8.06. The molecule has 1 fully saturated rings. The minimum absolute atomic E-state index is 0.120. The minimum Gasteiger partial charge on any atom is -0.436 e. The molecular formula is C13H23FO3. The van der Waals surface area contributed by atoms with E-state index in [4.69, 9.17) is 9.47 Å². The second-order valence-electron chi connectivity index (χ2n) is 4.88. The maximum atomic E-state index is 13.5. The number of ether oxygens (including phenoxy) is 2. The minimum atomic E-state index is -1.90. The van der Waals surface area contributed by atoms with Gasteiger partial charge in [-0.05, 0) is 26.2 Å². The summed E-state index contributed by atoms with van der Waals surface area (Å²) in [6.45, 7) is 2.73. The number of carbonyl (C=O) groups is 1. The zero-order valence-corrected chi connectivity index (χ0v) is 10.8. The zero-order chi connectivity index (χ0) is 12.7. The van der Waals surface area contributed by atoms with Gasteiger partial charge in [-0.3, -0.25) is 0 Å². The number of rotatable bonds is 5. The van der Waals surface area contributed by atoms with Crippen LogP contribution in [0.4, 0.5) is 4.39 Å². The molecule has 0 radical (unpaired) electrons. The van der Waals surface area contributed by atoms with E-state index in [9.17, 15) is 9.18 Å². The molecule has 1 aliphatic carbocycles. The monoisotopic (exact) mass is 246 g/mol. The maximum absolute atomic E-state index is 13.5. The van der Waals surface area contributed by atoms with Crippen LogP contribution in [0.1, 0.15) is 58.8 Å². The Hall–Kier alpha value is -0.640. The van der Waals surface area contributed by atoms with Crippen LogP contribution in [0.5, 0.6) is 0 Å². The van der Waals surface area contributed by atoms with Crippen molar-refractivity contribution in [3.05, 3.63) is 0 Å². The first kappa shape index (κ1) is 14.4. The number of halogens is 1. The van der Waals surface area contributed by atoms with Crippen LogP contribution >= 0.6 is 0 Å². The molecule has 1 atom stereocenters. The van der Waals surface area contributed by atoms with Crippen LogP contribution < -0.4 is 0 Å². The summed E-state index contributed by atoms with van der Waals surface area (Å²) in [7, 11) is 0. The van der Waals surface area contributed by atoms with Gasteiger partial charge in [-0.2, -0.15) is 0 Å². The fraction of sp³-hybridized carbons (Fsp3) is 0.923. The van der Waals surface area contributed by atoms with Gasteiger partial charge in [-0.25, -0.2) is 9.18 Å². The largest absolute Gasteiger partial charge is 0.436 e. The van der Waals surface area contributed by atoms with Crippen LogP contribution in [-0.4, -0.2) is 24.5 Å². The van der Waals surface area contributed by atoms with Gasteiger partial charge in [0.05, 0.1) is 6.10 Å². The highest BCUT2D eigenvalue weighted by Gasteiger charge is 2.32. The molecule has 17 heavy (non-hydrogen) atoms. The summed E-state index contributed by atoms with van der Waals surface area (Å²) in [6.07, 6.45) is 7.13. The van der Waals surface area contributed by atoms with E-state index in [0.717, 1.165) is 25.7 Å². The average molecular weight is 246 g/mol. The highest BCUT2D eigenvalue weighted by Crippen LogP contribution is 2.20. The Morgan fingerprint density at radius 1 is 1.29 bits per heavy atom. The summed E-state index contributed by atoms with van der Waals surface area (Å²) >= 11 is 0. The Kier molecular flexibility index (Phi) is 5.89. The molecule has 0 aliphatic heterocycles. The van der Waals surface area contributed by atoms with Crippen LogP contribution in [-0.2, 0) is 14.3 Å². The Bertz CT molecular complexity index is 233. The molecule has 0 aromatic heterocycles. The van der Waals surface area contributed by atoms with E-state index in [1.807, 2.05) is 0 Å². The molecule has 3 nitrogen and oxygen atoms in total. The number of carbonyl (C=O) groups excluding carboxylic acids is 1. The highest BCUT2D eigenvalue weighted by atomic mass is 19.1. The van der Waals surface area contributed by atoms with E-state index < -0.39 is 11.6 Å². The molecule has 4 heteroatoms. The quantitative estimate of drug-likeness (QED) is 0.424. The summed E-state index contributed by atoms with van der Waals surface area (Å²) < 4.78 is 23.8. The van der Waals surface area contributed by atoms with Crippen molar-refractivity contribution < 1.29 is 18.7 Å². The van der Waals surface area contributed by atoms with E-state index in [0.29, 0.717) is 0 Å². The second-order valence-corrected chi connectivity index (χ2v) is 4.88. The SMILES string of the molecule is CCC(C)(F)C(=O)OCOC1CCCCCC1. The lowest BCUT2D eigenvalue weighted by Crippen LogP contribution is -2.32. The molecule has 0 bridgehead atoms. The zero-order valence-electron chi connectivity index (χ0n) is 10.8. The van der Waals surface area contributed by atoms with Gasteiger partial charge in [0.2, 0.25) is 5.67 Å². The van der Waals surface area contributed by atoms with Crippen LogP contribution in [0.15, 0.2) is 0 Å². The predicted octanol–water partition coefficient (Wildman–Crippen LogP) is 3.36. The van der Waals surface area contributed by atoms with E-state index in [2.05, 4.69) is 0 Å². The number of alkyl halides is 1.